The van der Waals surface area contributed by atoms with Crippen LogP contribution in [-0.4, -0.2) is 64.5 Å². The number of hydrogen-bond acceptors (Lipinski definition) is 6. The van der Waals surface area contributed by atoms with E-state index in [0.717, 1.165) is 17.4 Å². The van der Waals surface area contributed by atoms with E-state index in [4.69, 9.17) is 0 Å². The predicted octanol–water partition coefficient (Wildman–Crippen LogP) is 2.53. The standard InChI is InChI=1S/C19H22F3N7/c1-26(2)17-11-15(19(20,21)22)24-18(25-17)28-9-7-27(8-10-28)12-14-13-29-6-4-3-5-16(29)23-14/h3-6,11,13H,7-10,12H2,1-2H3. The van der Waals surface area contributed by atoms with Gasteiger partial charge in [0.25, 0.3) is 0 Å². The number of alkyl halides is 3. The van der Waals surface area contributed by atoms with E-state index in [1.807, 2.05) is 39.9 Å². The summed E-state index contributed by atoms with van der Waals surface area (Å²) in [7, 11) is 3.33. The van der Waals surface area contributed by atoms with Gasteiger partial charge in [-0.2, -0.15) is 18.2 Å². The minimum Gasteiger partial charge on any atom is -0.363 e. The molecule has 0 N–H and O–H groups in total. The molecule has 3 aromatic rings. The lowest BCUT2D eigenvalue weighted by Gasteiger charge is -2.34. The molecule has 10 heteroatoms. The molecule has 0 aromatic carbocycles. The summed E-state index contributed by atoms with van der Waals surface area (Å²) in [6, 6.07) is 6.83. The lowest BCUT2D eigenvalue weighted by atomic mass is 10.3. The van der Waals surface area contributed by atoms with Crippen molar-refractivity contribution >= 4 is 17.4 Å². The minimum atomic E-state index is -4.51. The first-order valence-corrected chi connectivity index (χ1v) is 9.33. The molecular weight excluding hydrogens is 383 g/mol. The van der Waals surface area contributed by atoms with E-state index in [-0.39, 0.29) is 11.8 Å². The van der Waals surface area contributed by atoms with Crippen molar-refractivity contribution in [3.63, 3.8) is 0 Å². The molecule has 0 atom stereocenters. The summed E-state index contributed by atoms with van der Waals surface area (Å²) in [5.41, 5.74) is 0.947. The van der Waals surface area contributed by atoms with Crippen LogP contribution in [0.25, 0.3) is 5.65 Å². The molecule has 0 bridgehead atoms. The Labute approximate surface area is 166 Å². The highest BCUT2D eigenvalue weighted by Crippen LogP contribution is 2.31. The van der Waals surface area contributed by atoms with Gasteiger partial charge in [-0.1, -0.05) is 6.07 Å². The van der Waals surface area contributed by atoms with Gasteiger partial charge in [-0.15, -0.1) is 0 Å². The minimum absolute atomic E-state index is 0.121. The second-order valence-corrected chi connectivity index (χ2v) is 7.27. The summed E-state index contributed by atoms with van der Waals surface area (Å²) >= 11 is 0. The number of hydrogen-bond donors (Lipinski definition) is 0. The maximum absolute atomic E-state index is 13.2. The average molecular weight is 405 g/mol. The highest BCUT2D eigenvalue weighted by molar-refractivity contribution is 5.46. The van der Waals surface area contributed by atoms with Gasteiger partial charge in [-0.3, -0.25) is 4.90 Å². The molecule has 3 aromatic heterocycles. The molecule has 0 saturated carbocycles. The first-order chi connectivity index (χ1) is 13.8. The third-order valence-corrected chi connectivity index (χ3v) is 4.90. The van der Waals surface area contributed by atoms with Gasteiger partial charge in [0.15, 0.2) is 5.69 Å². The van der Waals surface area contributed by atoms with Crippen LogP contribution in [0, 0.1) is 0 Å². The summed E-state index contributed by atoms with van der Waals surface area (Å²) in [6.07, 6.45) is -0.550. The van der Waals surface area contributed by atoms with Crippen molar-refractivity contribution in [1.29, 1.82) is 0 Å². The van der Waals surface area contributed by atoms with Crippen molar-refractivity contribution in [2.24, 2.45) is 0 Å². The topological polar surface area (TPSA) is 52.8 Å². The fourth-order valence-corrected chi connectivity index (χ4v) is 3.34. The zero-order valence-electron chi connectivity index (χ0n) is 16.3. The highest BCUT2D eigenvalue weighted by Gasteiger charge is 2.34. The van der Waals surface area contributed by atoms with Crippen molar-refractivity contribution < 1.29 is 13.2 Å². The van der Waals surface area contributed by atoms with Crippen molar-refractivity contribution in [2.45, 2.75) is 12.7 Å². The first kappa shape index (κ1) is 19.4. The number of nitrogens with zero attached hydrogens (tertiary/aromatic N) is 7. The van der Waals surface area contributed by atoms with Gasteiger partial charge in [0.05, 0.1) is 5.69 Å². The number of rotatable bonds is 4. The molecule has 4 rings (SSSR count). The van der Waals surface area contributed by atoms with E-state index in [9.17, 15) is 13.2 Å². The lowest BCUT2D eigenvalue weighted by Crippen LogP contribution is -2.46. The quantitative estimate of drug-likeness (QED) is 0.665. The number of anilines is 2. The molecule has 0 spiro atoms. The van der Waals surface area contributed by atoms with Crippen LogP contribution in [0.2, 0.25) is 0 Å². The second-order valence-electron chi connectivity index (χ2n) is 7.27. The molecule has 0 aliphatic carbocycles. The molecule has 154 valence electrons. The molecule has 0 amide bonds. The molecular formula is C19H22F3N7. The average Bonchev–Trinajstić information content (AvgIpc) is 3.09. The van der Waals surface area contributed by atoms with E-state index in [1.165, 1.54) is 0 Å². The SMILES string of the molecule is CN(C)c1cc(C(F)(F)F)nc(N2CCN(Cc3cn4ccccc4n3)CC2)n1. The summed E-state index contributed by atoms with van der Waals surface area (Å²) in [6.45, 7) is 3.21. The molecule has 1 aliphatic heterocycles. The molecule has 4 heterocycles. The molecule has 0 radical (unpaired) electrons. The van der Waals surface area contributed by atoms with Crippen molar-refractivity contribution in [1.82, 2.24) is 24.3 Å². The lowest BCUT2D eigenvalue weighted by molar-refractivity contribution is -0.141. The van der Waals surface area contributed by atoms with E-state index in [1.54, 1.807) is 19.0 Å². The molecule has 7 nitrogen and oxygen atoms in total. The number of pyridine rings is 1. The van der Waals surface area contributed by atoms with Crippen LogP contribution < -0.4 is 9.80 Å². The Morgan fingerprint density at radius 3 is 2.45 bits per heavy atom. The van der Waals surface area contributed by atoms with Crippen molar-refractivity contribution in [3.05, 3.63) is 48.0 Å². The molecule has 1 aliphatic rings. The Hall–Kier alpha value is -2.88. The van der Waals surface area contributed by atoms with Gasteiger partial charge in [-0.25, -0.2) is 9.97 Å². The third-order valence-electron chi connectivity index (χ3n) is 4.90. The van der Waals surface area contributed by atoms with Gasteiger partial charge >= 0.3 is 6.18 Å². The highest BCUT2D eigenvalue weighted by atomic mass is 19.4. The van der Waals surface area contributed by atoms with E-state index in [0.29, 0.717) is 32.7 Å². The molecule has 1 saturated heterocycles. The van der Waals surface area contributed by atoms with Gasteiger partial charge in [-0.05, 0) is 12.1 Å². The Bertz CT molecular complexity index is 958. The first-order valence-electron chi connectivity index (χ1n) is 9.33. The molecule has 29 heavy (non-hydrogen) atoms. The largest absolute Gasteiger partial charge is 0.433 e. The van der Waals surface area contributed by atoms with Gasteiger partial charge < -0.3 is 14.2 Å². The Morgan fingerprint density at radius 2 is 1.79 bits per heavy atom. The Balaban J connectivity index is 1.45. The number of imidazole rings is 1. The number of aromatic nitrogens is 4. The summed E-state index contributed by atoms with van der Waals surface area (Å²) < 4.78 is 41.7. The monoisotopic (exact) mass is 405 g/mol. The third kappa shape index (κ3) is 4.26. The van der Waals surface area contributed by atoms with Gasteiger partial charge in [0.1, 0.15) is 11.5 Å². The number of halogens is 3. The smallest absolute Gasteiger partial charge is 0.363 e. The van der Waals surface area contributed by atoms with Gasteiger partial charge in [0.2, 0.25) is 5.95 Å². The van der Waals surface area contributed by atoms with Crippen LogP contribution in [0.1, 0.15) is 11.4 Å². The van der Waals surface area contributed by atoms with Crippen LogP contribution in [0.3, 0.4) is 0 Å². The van der Waals surface area contributed by atoms with E-state index < -0.39 is 11.9 Å². The van der Waals surface area contributed by atoms with Crippen LogP contribution >= 0.6 is 0 Å². The fourth-order valence-electron chi connectivity index (χ4n) is 3.34. The Morgan fingerprint density at radius 1 is 1.03 bits per heavy atom. The zero-order chi connectivity index (χ0) is 20.6. The fraction of sp³-hybridized carbons (Fsp3) is 0.421. The zero-order valence-corrected chi connectivity index (χ0v) is 16.3. The maximum atomic E-state index is 13.2. The predicted molar refractivity (Wildman–Crippen MR) is 104 cm³/mol. The van der Waals surface area contributed by atoms with Crippen LogP contribution in [0.4, 0.5) is 24.9 Å². The number of fused-ring (bicyclic) bond motifs is 1. The summed E-state index contributed by atoms with van der Waals surface area (Å²) in [4.78, 5) is 18.3. The van der Waals surface area contributed by atoms with Crippen LogP contribution in [-0.2, 0) is 12.7 Å². The molecule has 1 fully saturated rings. The van der Waals surface area contributed by atoms with Crippen LogP contribution in [0.15, 0.2) is 36.7 Å². The van der Waals surface area contributed by atoms with E-state index >= 15 is 0 Å². The Kier molecular flexibility index (Phi) is 5.03. The van der Waals surface area contributed by atoms with Crippen molar-refractivity contribution in [3.8, 4) is 0 Å². The van der Waals surface area contributed by atoms with Crippen molar-refractivity contribution in [2.75, 3.05) is 50.1 Å². The van der Waals surface area contributed by atoms with E-state index in [2.05, 4.69) is 19.9 Å². The summed E-state index contributed by atoms with van der Waals surface area (Å²) in [5.74, 6) is 0.366. The molecule has 0 unspecified atom stereocenters. The second kappa shape index (κ2) is 7.51. The normalized spacial score (nSPS) is 15.8. The summed E-state index contributed by atoms with van der Waals surface area (Å²) in [5, 5.41) is 0. The van der Waals surface area contributed by atoms with Gasteiger partial charge in [0, 0.05) is 65.3 Å². The number of piperazine rings is 1. The van der Waals surface area contributed by atoms with Crippen LogP contribution in [0.5, 0.6) is 0 Å². The maximum Gasteiger partial charge on any atom is 0.433 e.